The molecule has 1 aromatic rings. The van der Waals surface area contributed by atoms with Crippen molar-refractivity contribution in [2.24, 2.45) is 0 Å². The van der Waals surface area contributed by atoms with Crippen LogP contribution in [0.25, 0.3) is 6.08 Å². The maximum atomic E-state index is 6.02. The average molecular weight is 292 g/mol. The van der Waals surface area contributed by atoms with Crippen LogP contribution in [0.2, 0.25) is 0 Å². The van der Waals surface area contributed by atoms with Crippen molar-refractivity contribution in [3.8, 4) is 0 Å². The molecule has 1 aliphatic rings. The molecule has 0 saturated carbocycles. The van der Waals surface area contributed by atoms with E-state index >= 15 is 0 Å². The van der Waals surface area contributed by atoms with E-state index in [0.717, 1.165) is 11.2 Å². The van der Waals surface area contributed by atoms with E-state index in [-0.39, 0.29) is 11.2 Å². The lowest BCUT2D eigenvalue weighted by molar-refractivity contribution is 0.00578. The molecule has 20 heavy (non-hydrogen) atoms. The minimum atomic E-state index is -0.401. The molecule has 0 amide bonds. The van der Waals surface area contributed by atoms with Crippen LogP contribution in [0.15, 0.2) is 17.7 Å². The van der Waals surface area contributed by atoms with Crippen molar-refractivity contribution in [1.29, 1.82) is 0 Å². The summed E-state index contributed by atoms with van der Waals surface area (Å²) in [5.74, 6) is 1.19. The molecular weight excluding hydrogens is 271 g/mol. The molecule has 0 unspecified atom stereocenters. The molecule has 0 aliphatic carbocycles. The lowest BCUT2D eigenvalue weighted by atomic mass is 9.79. The molecule has 1 aliphatic heterocycles. The summed E-state index contributed by atoms with van der Waals surface area (Å²) in [4.78, 5) is 8.61. The van der Waals surface area contributed by atoms with Crippen LogP contribution in [-0.2, 0) is 9.31 Å². The standard InChI is InChI=1S/C14H21BN2O2S/c1-10-6-7-16-12(17-10)8-11(9-20)15-18-13(2,3)14(4,5)19-15/h6-8,20H,9H2,1-5H3. The lowest BCUT2D eigenvalue weighted by Gasteiger charge is -2.32. The predicted molar refractivity (Wildman–Crippen MR) is 84.7 cm³/mol. The van der Waals surface area contributed by atoms with Gasteiger partial charge in [-0.1, -0.05) is 0 Å². The zero-order valence-electron chi connectivity index (χ0n) is 12.7. The van der Waals surface area contributed by atoms with E-state index in [4.69, 9.17) is 9.31 Å². The van der Waals surface area contributed by atoms with Gasteiger partial charge >= 0.3 is 7.12 Å². The molecule has 2 rings (SSSR count). The summed E-state index contributed by atoms with van der Waals surface area (Å²) in [5.41, 5.74) is 1.15. The van der Waals surface area contributed by atoms with Gasteiger partial charge in [-0.2, -0.15) is 12.6 Å². The molecule has 0 radical (unpaired) electrons. The number of rotatable bonds is 3. The first-order valence-electron chi connectivity index (χ1n) is 6.72. The van der Waals surface area contributed by atoms with Crippen LogP contribution in [-0.4, -0.2) is 34.0 Å². The van der Waals surface area contributed by atoms with Gasteiger partial charge in [-0.3, -0.25) is 0 Å². The molecule has 0 atom stereocenters. The molecule has 1 saturated heterocycles. The third-order valence-corrected chi connectivity index (χ3v) is 4.23. The van der Waals surface area contributed by atoms with Crippen LogP contribution in [0, 0.1) is 6.92 Å². The molecule has 0 aromatic carbocycles. The second-order valence-corrected chi connectivity index (χ2v) is 6.34. The van der Waals surface area contributed by atoms with E-state index in [9.17, 15) is 0 Å². The molecule has 0 N–H and O–H groups in total. The summed E-state index contributed by atoms with van der Waals surface area (Å²) < 4.78 is 12.0. The van der Waals surface area contributed by atoms with Gasteiger partial charge in [0, 0.05) is 17.6 Å². The molecule has 2 heterocycles. The third kappa shape index (κ3) is 3.08. The highest BCUT2D eigenvalue weighted by Crippen LogP contribution is 2.38. The number of hydrogen-bond donors (Lipinski definition) is 1. The minimum Gasteiger partial charge on any atom is -0.400 e. The monoisotopic (exact) mass is 292 g/mol. The van der Waals surface area contributed by atoms with Crippen molar-refractivity contribution in [3.05, 3.63) is 29.3 Å². The molecule has 0 spiro atoms. The second kappa shape index (κ2) is 5.50. The molecule has 6 heteroatoms. The van der Waals surface area contributed by atoms with E-state index in [1.165, 1.54) is 0 Å². The lowest BCUT2D eigenvalue weighted by Crippen LogP contribution is -2.41. The summed E-state index contributed by atoms with van der Waals surface area (Å²) in [7, 11) is -0.401. The topological polar surface area (TPSA) is 44.2 Å². The van der Waals surface area contributed by atoms with Crippen LogP contribution in [0.3, 0.4) is 0 Å². The van der Waals surface area contributed by atoms with Crippen LogP contribution in [0.1, 0.15) is 39.2 Å². The molecule has 4 nitrogen and oxygen atoms in total. The number of hydrogen-bond acceptors (Lipinski definition) is 5. The van der Waals surface area contributed by atoms with E-state index in [1.54, 1.807) is 6.20 Å². The predicted octanol–water partition coefficient (Wildman–Crippen LogP) is 2.73. The van der Waals surface area contributed by atoms with Gasteiger partial charge in [-0.25, -0.2) is 9.97 Å². The Labute approximate surface area is 126 Å². The number of aromatic nitrogens is 2. The first-order chi connectivity index (χ1) is 9.25. The number of aryl methyl sites for hydroxylation is 1. The van der Waals surface area contributed by atoms with Gasteiger partial charge in [-0.05, 0) is 52.2 Å². The van der Waals surface area contributed by atoms with Gasteiger partial charge in [0.1, 0.15) is 0 Å². The van der Waals surface area contributed by atoms with Gasteiger partial charge in [-0.15, -0.1) is 0 Å². The van der Waals surface area contributed by atoms with Crippen molar-refractivity contribution in [2.45, 2.75) is 45.8 Å². The van der Waals surface area contributed by atoms with Gasteiger partial charge in [0.05, 0.1) is 11.2 Å². The Hall–Kier alpha value is -0.845. The maximum absolute atomic E-state index is 6.02. The normalized spacial score (nSPS) is 21.3. The summed E-state index contributed by atoms with van der Waals surface area (Å²) in [6, 6.07) is 1.87. The van der Waals surface area contributed by atoms with Crippen molar-refractivity contribution in [1.82, 2.24) is 9.97 Å². The van der Waals surface area contributed by atoms with Crippen LogP contribution < -0.4 is 0 Å². The summed E-state index contributed by atoms with van der Waals surface area (Å²) in [5, 5.41) is 0. The molecular formula is C14H21BN2O2S. The van der Waals surface area contributed by atoms with Gasteiger partial charge in [0.25, 0.3) is 0 Å². The van der Waals surface area contributed by atoms with Crippen LogP contribution in [0.4, 0.5) is 0 Å². The van der Waals surface area contributed by atoms with Crippen molar-refractivity contribution < 1.29 is 9.31 Å². The van der Waals surface area contributed by atoms with Crippen LogP contribution in [0.5, 0.6) is 0 Å². The van der Waals surface area contributed by atoms with Crippen molar-refractivity contribution in [2.75, 3.05) is 5.75 Å². The zero-order valence-corrected chi connectivity index (χ0v) is 13.6. The molecule has 108 valence electrons. The third-order valence-electron chi connectivity index (χ3n) is 3.87. The van der Waals surface area contributed by atoms with Gasteiger partial charge < -0.3 is 9.31 Å². The SMILES string of the molecule is Cc1ccnc(C=C(CS)B2OC(C)(C)C(C)(C)O2)n1. The van der Waals surface area contributed by atoms with E-state index in [1.807, 2.05) is 46.8 Å². The first-order valence-corrected chi connectivity index (χ1v) is 7.35. The highest BCUT2D eigenvalue weighted by molar-refractivity contribution is 7.80. The Morgan fingerprint density at radius 3 is 2.40 bits per heavy atom. The number of nitrogens with zero attached hydrogens (tertiary/aromatic N) is 2. The Morgan fingerprint density at radius 2 is 1.90 bits per heavy atom. The highest BCUT2D eigenvalue weighted by atomic mass is 32.1. The fraction of sp³-hybridized carbons (Fsp3) is 0.571. The van der Waals surface area contributed by atoms with Crippen LogP contribution >= 0.6 is 12.6 Å². The van der Waals surface area contributed by atoms with Gasteiger partial charge in [0.2, 0.25) is 0 Å². The first kappa shape index (κ1) is 15.5. The largest absolute Gasteiger partial charge is 0.491 e. The smallest absolute Gasteiger partial charge is 0.400 e. The van der Waals surface area contributed by atoms with E-state index < -0.39 is 7.12 Å². The summed E-state index contributed by atoms with van der Waals surface area (Å²) in [6.07, 6.45) is 3.64. The molecule has 0 bridgehead atoms. The fourth-order valence-corrected chi connectivity index (χ4v) is 2.13. The maximum Gasteiger partial charge on any atom is 0.491 e. The Balaban J connectivity index is 2.26. The van der Waals surface area contributed by atoms with Gasteiger partial charge in [0.15, 0.2) is 5.82 Å². The van der Waals surface area contributed by atoms with E-state index in [2.05, 4.69) is 22.6 Å². The Kier molecular flexibility index (Phi) is 4.28. The summed E-state index contributed by atoms with van der Waals surface area (Å²) in [6.45, 7) is 10.1. The average Bonchev–Trinajstić information content (AvgIpc) is 2.55. The van der Waals surface area contributed by atoms with Crippen molar-refractivity contribution >= 4 is 25.8 Å². The Bertz CT molecular complexity index is 516. The molecule has 1 fully saturated rings. The fourth-order valence-electron chi connectivity index (χ4n) is 1.89. The highest BCUT2D eigenvalue weighted by Gasteiger charge is 2.52. The second-order valence-electron chi connectivity index (χ2n) is 6.02. The van der Waals surface area contributed by atoms with Crippen molar-refractivity contribution in [3.63, 3.8) is 0 Å². The molecule has 1 aromatic heterocycles. The quantitative estimate of drug-likeness (QED) is 0.687. The minimum absolute atomic E-state index is 0.354. The number of thiol groups is 1. The Morgan fingerprint density at radius 1 is 1.30 bits per heavy atom. The zero-order chi connectivity index (χ0) is 15.0. The van der Waals surface area contributed by atoms with E-state index in [0.29, 0.717) is 11.6 Å². The summed E-state index contributed by atoms with van der Waals surface area (Å²) >= 11 is 4.38.